The third-order valence-corrected chi connectivity index (χ3v) is 2.36. The maximum absolute atomic E-state index is 11.3. The minimum absolute atomic E-state index is 0.183. The first-order valence-electron chi connectivity index (χ1n) is 4.55. The van der Waals surface area contributed by atoms with Crippen molar-refractivity contribution >= 4 is 11.0 Å². The standard InChI is InChI=1S/C9H8N4O/c14-9-6-3-10-7(5-1-2-5)13-8(6)11-4-12-9/h3-5H,1-2H2,(H,10,11,12,13,14). The zero-order chi connectivity index (χ0) is 9.54. The average molecular weight is 188 g/mol. The van der Waals surface area contributed by atoms with Gasteiger partial charge in [-0.25, -0.2) is 15.0 Å². The molecule has 5 heteroatoms. The summed E-state index contributed by atoms with van der Waals surface area (Å²) < 4.78 is 0. The second kappa shape index (κ2) is 2.60. The van der Waals surface area contributed by atoms with Gasteiger partial charge in [0.2, 0.25) is 0 Å². The molecular weight excluding hydrogens is 180 g/mol. The lowest BCUT2D eigenvalue weighted by Crippen LogP contribution is -2.08. The van der Waals surface area contributed by atoms with Crippen molar-refractivity contribution < 1.29 is 0 Å². The van der Waals surface area contributed by atoms with Crippen LogP contribution in [0.4, 0.5) is 0 Å². The molecule has 0 radical (unpaired) electrons. The molecule has 2 aromatic heterocycles. The number of hydrogen-bond acceptors (Lipinski definition) is 4. The van der Waals surface area contributed by atoms with Crippen molar-refractivity contribution in [3.05, 3.63) is 28.7 Å². The molecule has 1 aliphatic rings. The fourth-order valence-corrected chi connectivity index (χ4v) is 1.41. The lowest BCUT2D eigenvalue weighted by Gasteiger charge is -1.97. The van der Waals surface area contributed by atoms with Gasteiger partial charge in [-0.15, -0.1) is 0 Å². The van der Waals surface area contributed by atoms with Crippen LogP contribution in [0.5, 0.6) is 0 Å². The van der Waals surface area contributed by atoms with Crippen LogP contribution in [0.2, 0.25) is 0 Å². The van der Waals surface area contributed by atoms with Crippen molar-refractivity contribution in [1.82, 2.24) is 19.9 Å². The summed E-state index contributed by atoms with van der Waals surface area (Å²) in [5.41, 5.74) is 0.308. The predicted octanol–water partition coefficient (Wildman–Crippen LogP) is 0.590. The second-order valence-electron chi connectivity index (χ2n) is 3.47. The molecule has 0 spiro atoms. The van der Waals surface area contributed by atoms with E-state index in [0.29, 0.717) is 17.0 Å². The fourth-order valence-electron chi connectivity index (χ4n) is 1.41. The monoisotopic (exact) mass is 188 g/mol. The van der Waals surface area contributed by atoms with Gasteiger partial charge in [0.15, 0.2) is 5.65 Å². The molecule has 1 N–H and O–H groups in total. The highest BCUT2D eigenvalue weighted by molar-refractivity contribution is 5.71. The lowest BCUT2D eigenvalue weighted by molar-refractivity contribution is 0.934. The Kier molecular flexibility index (Phi) is 1.41. The van der Waals surface area contributed by atoms with Crippen LogP contribution in [0, 0.1) is 0 Å². The van der Waals surface area contributed by atoms with Gasteiger partial charge in [-0.05, 0) is 12.8 Å². The van der Waals surface area contributed by atoms with Gasteiger partial charge in [-0.1, -0.05) is 0 Å². The van der Waals surface area contributed by atoms with Crippen LogP contribution in [-0.2, 0) is 0 Å². The molecule has 70 valence electrons. The number of hydrogen-bond donors (Lipinski definition) is 1. The van der Waals surface area contributed by atoms with E-state index in [0.717, 1.165) is 18.7 Å². The van der Waals surface area contributed by atoms with Crippen molar-refractivity contribution in [2.75, 3.05) is 0 Å². The lowest BCUT2D eigenvalue weighted by atomic mass is 10.3. The minimum Gasteiger partial charge on any atom is -0.312 e. The van der Waals surface area contributed by atoms with Gasteiger partial charge >= 0.3 is 0 Å². The Morgan fingerprint density at radius 3 is 3.00 bits per heavy atom. The molecular formula is C9H8N4O. The number of nitrogens with one attached hydrogen (secondary N) is 1. The molecule has 1 saturated carbocycles. The van der Waals surface area contributed by atoms with Crippen molar-refractivity contribution in [3.63, 3.8) is 0 Å². The maximum Gasteiger partial charge on any atom is 0.261 e. The molecule has 0 atom stereocenters. The second-order valence-corrected chi connectivity index (χ2v) is 3.47. The van der Waals surface area contributed by atoms with Gasteiger partial charge < -0.3 is 4.98 Å². The molecule has 0 saturated heterocycles. The van der Waals surface area contributed by atoms with E-state index in [1.54, 1.807) is 6.20 Å². The maximum atomic E-state index is 11.3. The number of aromatic nitrogens is 4. The van der Waals surface area contributed by atoms with Crippen LogP contribution in [0.25, 0.3) is 11.0 Å². The first kappa shape index (κ1) is 7.61. The summed E-state index contributed by atoms with van der Waals surface area (Å²) >= 11 is 0. The van der Waals surface area contributed by atoms with E-state index >= 15 is 0 Å². The van der Waals surface area contributed by atoms with Crippen molar-refractivity contribution in [2.45, 2.75) is 18.8 Å². The summed E-state index contributed by atoms with van der Waals surface area (Å²) in [5.74, 6) is 1.30. The molecule has 5 nitrogen and oxygen atoms in total. The van der Waals surface area contributed by atoms with Gasteiger partial charge in [0.1, 0.15) is 11.2 Å². The molecule has 3 rings (SSSR count). The van der Waals surface area contributed by atoms with E-state index in [1.165, 1.54) is 6.33 Å². The number of aromatic amines is 1. The van der Waals surface area contributed by atoms with Crippen LogP contribution in [0.3, 0.4) is 0 Å². The largest absolute Gasteiger partial charge is 0.312 e. The molecule has 2 aromatic rings. The highest BCUT2D eigenvalue weighted by Crippen LogP contribution is 2.37. The van der Waals surface area contributed by atoms with Crippen molar-refractivity contribution in [2.24, 2.45) is 0 Å². The summed E-state index contributed by atoms with van der Waals surface area (Å²) in [6.45, 7) is 0. The SMILES string of the molecule is O=c1[nH]cnc2nc(C3CC3)ncc12. The molecule has 0 bridgehead atoms. The van der Waals surface area contributed by atoms with Gasteiger partial charge in [-0.3, -0.25) is 4.79 Å². The molecule has 0 aromatic carbocycles. The van der Waals surface area contributed by atoms with E-state index in [9.17, 15) is 4.79 Å². The first-order valence-corrected chi connectivity index (χ1v) is 4.55. The normalized spacial score (nSPS) is 16.0. The number of fused-ring (bicyclic) bond motifs is 1. The molecule has 0 aliphatic heterocycles. The molecule has 1 fully saturated rings. The predicted molar refractivity (Wildman–Crippen MR) is 49.9 cm³/mol. The van der Waals surface area contributed by atoms with E-state index in [1.807, 2.05) is 0 Å². The molecule has 1 aliphatic carbocycles. The Balaban J connectivity index is 2.28. The minimum atomic E-state index is -0.183. The third-order valence-electron chi connectivity index (χ3n) is 2.36. The summed E-state index contributed by atoms with van der Waals surface area (Å²) in [7, 11) is 0. The first-order chi connectivity index (χ1) is 6.84. The van der Waals surface area contributed by atoms with Crippen LogP contribution in [0.1, 0.15) is 24.6 Å². The van der Waals surface area contributed by atoms with Gasteiger partial charge in [0.25, 0.3) is 5.56 Å². The Bertz CT molecular complexity index is 544. The highest BCUT2D eigenvalue weighted by atomic mass is 16.1. The third kappa shape index (κ3) is 1.09. The van der Waals surface area contributed by atoms with Crippen LogP contribution < -0.4 is 5.56 Å². The number of rotatable bonds is 1. The van der Waals surface area contributed by atoms with Crippen molar-refractivity contribution in [3.8, 4) is 0 Å². The fraction of sp³-hybridized carbons (Fsp3) is 0.333. The molecule has 2 heterocycles. The van der Waals surface area contributed by atoms with E-state index in [4.69, 9.17) is 0 Å². The molecule has 14 heavy (non-hydrogen) atoms. The van der Waals surface area contributed by atoms with Gasteiger partial charge in [-0.2, -0.15) is 0 Å². The van der Waals surface area contributed by atoms with Crippen LogP contribution in [0.15, 0.2) is 17.3 Å². The van der Waals surface area contributed by atoms with E-state index in [2.05, 4.69) is 19.9 Å². The topological polar surface area (TPSA) is 71.5 Å². The number of H-pyrrole nitrogens is 1. The van der Waals surface area contributed by atoms with Crippen molar-refractivity contribution in [1.29, 1.82) is 0 Å². The highest BCUT2D eigenvalue weighted by Gasteiger charge is 2.26. The zero-order valence-electron chi connectivity index (χ0n) is 7.40. The summed E-state index contributed by atoms with van der Waals surface area (Å²) in [6, 6.07) is 0. The average Bonchev–Trinajstić information content (AvgIpc) is 3.01. The zero-order valence-corrected chi connectivity index (χ0v) is 7.40. The quantitative estimate of drug-likeness (QED) is 0.711. The Morgan fingerprint density at radius 1 is 1.36 bits per heavy atom. The van der Waals surface area contributed by atoms with E-state index < -0.39 is 0 Å². The van der Waals surface area contributed by atoms with E-state index in [-0.39, 0.29) is 5.56 Å². The summed E-state index contributed by atoms with van der Waals surface area (Å²) in [6.07, 6.45) is 5.22. The van der Waals surface area contributed by atoms with Gasteiger partial charge in [0.05, 0.1) is 6.33 Å². The van der Waals surface area contributed by atoms with Gasteiger partial charge in [0, 0.05) is 12.1 Å². The summed E-state index contributed by atoms with van der Waals surface area (Å²) in [5, 5.41) is 0.455. The van der Waals surface area contributed by atoms with Crippen LogP contribution in [-0.4, -0.2) is 19.9 Å². The number of nitrogens with zero attached hydrogens (tertiary/aromatic N) is 3. The molecule has 0 amide bonds. The Labute approximate surface area is 79.2 Å². The Hall–Kier alpha value is -1.78. The molecule has 0 unspecified atom stereocenters. The Morgan fingerprint density at radius 2 is 2.21 bits per heavy atom. The summed E-state index contributed by atoms with van der Waals surface area (Å²) in [4.78, 5) is 26.2. The van der Waals surface area contributed by atoms with Crippen LogP contribution >= 0.6 is 0 Å². The smallest absolute Gasteiger partial charge is 0.261 e.